The molecule has 0 aromatic carbocycles. The van der Waals surface area contributed by atoms with Gasteiger partial charge in [0.15, 0.2) is 0 Å². The molecule has 3 amide bonds. The minimum Gasteiger partial charge on any atom is -0.467 e. The third kappa shape index (κ3) is 6.43. The average molecular weight is 351 g/mol. The molecular weight excluding hydrogens is 330 g/mol. The van der Waals surface area contributed by atoms with Crippen molar-refractivity contribution in [1.82, 2.24) is 10.6 Å². The summed E-state index contributed by atoms with van der Waals surface area (Å²) in [6, 6.07) is 6.33. The number of furan rings is 1. The number of carbonyl (C=O) groups excluding carboxylic acids is 2. The number of urea groups is 1. The Morgan fingerprint density at radius 3 is 2.88 bits per heavy atom. The van der Waals surface area contributed by atoms with Crippen LogP contribution < -0.4 is 16.4 Å². The average Bonchev–Trinajstić information content (AvgIpc) is 3.22. The number of amides is 3. The fourth-order valence-corrected chi connectivity index (χ4v) is 2.89. The van der Waals surface area contributed by atoms with Crippen LogP contribution in [-0.2, 0) is 16.1 Å². The van der Waals surface area contributed by atoms with Crippen molar-refractivity contribution in [3.05, 3.63) is 46.5 Å². The second-order valence-corrected chi connectivity index (χ2v) is 6.10. The largest absolute Gasteiger partial charge is 0.467 e. The van der Waals surface area contributed by atoms with E-state index in [2.05, 4.69) is 10.6 Å². The van der Waals surface area contributed by atoms with E-state index in [9.17, 15) is 9.59 Å². The van der Waals surface area contributed by atoms with Gasteiger partial charge in [-0.05, 0) is 30.0 Å². The summed E-state index contributed by atoms with van der Waals surface area (Å²) in [7, 11) is 0. The number of primary amides is 1. The summed E-state index contributed by atoms with van der Waals surface area (Å²) < 4.78 is 10.6. The highest BCUT2D eigenvalue weighted by Crippen LogP contribution is 2.21. The zero-order valence-electron chi connectivity index (χ0n) is 13.2. The van der Waals surface area contributed by atoms with Gasteiger partial charge < -0.3 is 25.5 Å². The molecule has 2 aromatic rings. The molecule has 7 nitrogen and oxygen atoms in total. The van der Waals surface area contributed by atoms with E-state index in [1.165, 1.54) is 11.3 Å². The summed E-state index contributed by atoms with van der Waals surface area (Å²) in [5.74, 6) is 0.628. The first-order valence-electron chi connectivity index (χ1n) is 7.61. The fourth-order valence-electron chi connectivity index (χ4n) is 2.11. The van der Waals surface area contributed by atoms with Crippen molar-refractivity contribution >= 4 is 23.3 Å². The zero-order chi connectivity index (χ0) is 17.2. The van der Waals surface area contributed by atoms with Crippen molar-refractivity contribution in [3.8, 4) is 0 Å². The molecule has 0 fully saturated rings. The van der Waals surface area contributed by atoms with E-state index in [1.807, 2.05) is 29.6 Å². The summed E-state index contributed by atoms with van der Waals surface area (Å²) in [4.78, 5) is 24.0. The Morgan fingerprint density at radius 2 is 2.21 bits per heavy atom. The number of nitrogens with two attached hydrogens (primary N) is 1. The predicted octanol–water partition coefficient (Wildman–Crippen LogP) is 2.16. The normalized spacial score (nSPS) is 11.8. The van der Waals surface area contributed by atoms with E-state index in [0.29, 0.717) is 26.2 Å². The second kappa shape index (κ2) is 9.74. The third-order valence-electron chi connectivity index (χ3n) is 3.20. The van der Waals surface area contributed by atoms with Gasteiger partial charge >= 0.3 is 6.03 Å². The van der Waals surface area contributed by atoms with Crippen LogP contribution in [-0.4, -0.2) is 25.1 Å². The van der Waals surface area contributed by atoms with Gasteiger partial charge in [-0.1, -0.05) is 6.07 Å². The van der Waals surface area contributed by atoms with Gasteiger partial charge in [0.05, 0.1) is 18.7 Å². The van der Waals surface area contributed by atoms with Gasteiger partial charge in [-0.3, -0.25) is 4.79 Å². The Labute approximate surface area is 144 Å². The van der Waals surface area contributed by atoms with Crippen LogP contribution in [0.15, 0.2) is 40.3 Å². The Kier molecular flexibility index (Phi) is 7.31. The van der Waals surface area contributed by atoms with E-state index in [1.54, 1.807) is 6.26 Å². The molecule has 2 heterocycles. The van der Waals surface area contributed by atoms with Crippen molar-refractivity contribution in [2.75, 3.05) is 13.2 Å². The Balaban J connectivity index is 1.63. The Hall–Kier alpha value is -2.32. The molecule has 24 heavy (non-hydrogen) atoms. The highest BCUT2D eigenvalue weighted by atomic mass is 32.1. The maximum Gasteiger partial charge on any atom is 0.312 e. The quantitative estimate of drug-likeness (QED) is 0.570. The molecular formula is C16H21N3O4S. The number of hydrogen-bond acceptors (Lipinski definition) is 5. The fraction of sp³-hybridized carbons (Fsp3) is 0.375. The first kappa shape index (κ1) is 18.0. The number of rotatable bonds is 10. The number of nitrogens with one attached hydrogen (secondary N) is 2. The maximum atomic E-state index is 12.0. The summed E-state index contributed by atoms with van der Waals surface area (Å²) in [5.41, 5.74) is 5.17. The van der Waals surface area contributed by atoms with Crippen LogP contribution in [0, 0.1) is 0 Å². The lowest BCUT2D eigenvalue weighted by Gasteiger charge is -2.15. The molecule has 0 bridgehead atoms. The monoisotopic (exact) mass is 351 g/mol. The number of ether oxygens (including phenoxy) is 1. The number of thiophene rings is 1. The van der Waals surface area contributed by atoms with Gasteiger partial charge in [0.1, 0.15) is 12.4 Å². The summed E-state index contributed by atoms with van der Waals surface area (Å²) >= 11 is 1.47. The molecule has 2 aromatic heterocycles. The van der Waals surface area contributed by atoms with Crippen LogP contribution in [0.4, 0.5) is 4.79 Å². The van der Waals surface area contributed by atoms with E-state index in [-0.39, 0.29) is 12.3 Å². The lowest BCUT2D eigenvalue weighted by Crippen LogP contribution is -2.36. The van der Waals surface area contributed by atoms with Crippen molar-refractivity contribution in [1.29, 1.82) is 0 Å². The van der Waals surface area contributed by atoms with Gasteiger partial charge in [0.2, 0.25) is 5.91 Å². The topological polar surface area (TPSA) is 107 Å². The van der Waals surface area contributed by atoms with Crippen molar-refractivity contribution in [3.63, 3.8) is 0 Å². The van der Waals surface area contributed by atoms with Crippen LogP contribution in [0.5, 0.6) is 0 Å². The molecule has 0 spiro atoms. The molecule has 0 aliphatic carbocycles. The maximum absolute atomic E-state index is 12.0. The first-order valence-corrected chi connectivity index (χ1v) is 8.49. The highest BCUT2D eigenvalue weighted by molar-refractivity contribution is 7.10. The number of carbonyl (C=O) groups is 2. The molecule has 4 N–H and O–H groups in total. The molecule has 0 saturated carbocycles. The van der Waals surface area contributed by atoms with Gasteiger partial charge in [-0.25, -0.2) is 4.79 Å². The third-order valence-corrected chi connectivity index (χ3v) is 4.19. The SMILES string of the molecule is NC(=O)NC(CC(=O)NCCCOCc1ccco1)c1cccs1. The van der Waals surface area contributed by atoms with E-state index in [4.69, 9.17) is 14.9 Å². The molecule has 8 heteroatoms. The van der Waals surface area contributed by atoms with Crippen molar-refractivity contribution in [2.45, 2.75) is 25.5 Å². The van der Waals surface area contributed by atoms with Gasteiger partial charge in [-0.15, -0.1) is 11.3 Å². The highest BCUT2D eigenvalue weighted by Gasteiger charge is 2.18. The van der Waals surface area contributed by atoms with Gasteiger partial charge in [0, 0.05) is 18.0 Å². The molecule has 130 valence electrons. The summed E-state index contributed by atoms with van der Waals surface area (Å²) in [6.07, 6.45) is 2.44. The second-order valence-electron chi connectivity index (χ2n) is 5.12. The number of hydrogen-bond donors (Lipinski definition) is 3. The molecule has 0 saturated heterocycles. The molecule has 2 rings (SSSR count). The van der Waals surface area contributed by atoms with Crippen LogP contribution in [0.1, 0.15) is 29.5 Å². The van der Waals surface area contributed by atoms with Crippen LogP contribution in [0.3, 0.4) is 0 Å². The van der Waals surface area contributed by atoms with E-state index < -0.39 is 12.1 Å². The van der Waals surface area contributed by atoms with Crippen molar-refractivity contribution in [2.24, 2.45) is 5.73 Å². The van der Waals surface area contributed by atoms with E-state index in [0.717, 1.165) is 10.6 Å². The van der Waals surface area contributed by atoms with Crippen LogP contribution in [0.25, 0.3) is 0 Å². The minimum atomic E-state index is -0.646. The van der Waals surface area contributed by atoms with Crippen LogP contribution in [0.2, 0.25) is 0 Å². The lowest BCUT2D eigenvalue weighted by atomic mass is 10.1. The van der Waals surface area contributed by atoms with Gasteiger partial charge in [-0.2, -0.15) is 0 Å². The summed E-state index contributed by atoms with van der Waals surface area (Å²) in [5, 5.41) is 7.29. The molecule has 0 aliphatic heterocycles. The zero-order valence-corrected chi connectivity index (χ0v) is 14.0. The van der Waals surface area contributed by atoms with E-state index >= 15 is 0 Å². The van der Waals surface area contributed by atoms with Crippen LogP contribution >= 0.6 is 11.3 Å². The molecule has 1 unspecified atom stereocenters. The van der Waals surface area contributed by atoms with Gasteiger partial charge in [0.25, 0.3) is 0 Å². The minimum absolute atomic E-state index is 0.145. The lowest BCUT2D eigenvalue weighted by molar-refractivity contribution is -0.121. The molecule has 1 atom stereocenters. The predicted molar refractivity (Wildman–Crippen MR) is 90.4 cm³/mol. The Bertz CT molecular complexity index is 613. The first-order chi connectivity index (χ1) is 11.6. The molecule has 0 radical (unpaired) electrons. The standard InChI is InChI=1S/C16H21N3O4S/c17-16(21)19-13(14-5-2-9-24-14)10-15(20)18-6-3-7-22-11-12-4-1-8-23-12/h1-2,4-5,8-9,13H,3,6-7,10-11H2,(H,18,20)(H3,17,19,21). The summed E-state index contributed by atoms with van der Waals surface area (Å²) in [6.45, 7) is 1.45. The Morgan fingerprint density at radius 1 is 1.33 bits per heavy atom. The van der Waals surface area contributed by atoms with Crippen molar-refractivity contribution < 1.29 is 18.7 Å². The molecule has 0 aliphatic rings. The smallest absolute Gasteiger partial charge is 0.312 e.